The first kappa shape index (κ1) is 64.4. The molecule has 6 aliphatic rings. The number of fused-ring (bicyclic) bond motifs is 4. The van der Waals surface area contributed by atoms with Crippen molar-refractivity contribution in [3.63, 3.8) is 0 Å². The molecule has 17 heteroatoms. The maximum atomic E-state index is 15.3. The average Bonchev–Trinajstić information content (AvgIpc) is 0.771. The van der Waals surface area contributed by atoms with Crippen molar-refractivity contribution in [3.8, 4) is 11.8 Å². The molecule has 492 valence electrons. The fourth-order valence-electron chi connectivity index (χ4n) is 13.3. The van der Waals surface area contributed by atoms with E-state index in [0.29, 0.717) is 4.90 Å². The summed E-state index contributed by atoms with van der Waals surface area (Å²) in [6.07, 6.45) is -16.3. The highest BCUT2D eigenvalue weighted by Gasteiger charge is 2.60. The molecule has 6 fully saturated rings. The van der Waals surface area contributed by atoms with E-state index in [2.05, 4.69) is 30.0 Å². The maximum absolute atomic E-state index is 15.3. The molecule has 0 aromatic heterocycles. The largest absolute Gasteiger partial charge is 0.367 e. The third-order valence-corrected chi connectivity index (χ3v) is 19.6. The molecule has 6 saturated heterocycles. The van der Waals surface area contributed by atoms with Gasteiger partial charge in [0.25, 0.3) is 0 Å². The third-order valence-electron chi connectivity index (χ3n) is 18.1. The Morgan fingerprint density at radius 2 is 0.750 bits per heavy atom. The van der Waals surface area contributed by atoms with E-state index < -0.39 is 121 Å². The molecule has 0 unspecified atom stereocenters. The van der Waals surface area contributed by atoms with E-state index >= 15 is 4.21 Å². The zero-order valence-corrected chi connectivity index (χ0v) is 53.3. The van der Waals surface area contributed by atoms with Gasteiger partial charge in [-0.15, -0.1) is 0 Å². The van der Waals surface area contributed by atoms with Gasteiger partial charge in [-0.2, -0.15) is 0 Å². The fourth-order valence-corrected chi connectivity index (χ4v) is 14.7. The van der Waals surface area contributed by atoms with Crippen molar-refractivity contribution in [1.29, 1.82) is 0 Å². The summed E-state index contributed by atoms with van der Waals surface area (Å²) in [4.78, 5) is 0.536. The SMILES string of the molecule is O=[S@](c1ccccc1)[C@H]1O[C@@H]2CO[C@@H](c3ccccc3)O[C@H]2[C@H](O[C@@H]2O[C@@H]3CO[C@@H](c4ccccc4)O[C@H]3[C@H](O[C@@H]3O[C@@H]4CO[C@@H](c5ccccc5)O[C@H]4[C@H](OCC#Cc4cccc5ccccc45)[C@@H]3OCc3ccccc3)[C@@H]2OCc2ccccc2)[C@@H]1OCc1ccccc1. The van der Waals surface area contributed by atoms with Gasteiger partial charge in [-0.25, -0.2) is 0 Å². The zero-order valence-electron chi connectivity index (χ0n) is 52.5. The van der Waals surface area contributed by atoms with E-state index in [-0.39, 0.29) is 46.2 Å². The lowest BCUT2D eigenvalue weighted by molar-refractivity contribution is -0.421. The first-order chi connectivity index (χ1) is 47.5. The second-order valence-corrected chi connectivity index (χ2v) is 25.9. The number of rotatable bonds is 20. The molecule has 16 nitrogen and oxygen atoms in total. The summed E-state index contributed by atoms with van der Waals surface area (Å²) in [6, 6.07) is 82.3. The molecular formula is C79H74O16S. The zero-order chi connectivity index (χ0) is 64.4. The lowest BCUT2D eigenvalue weighted by Crippen LogP contribution is -2.70. The fraction of sp³-hybridized carbons (Fsp3) is 0.316. The predicted octanol–water partition coefficient (Wildman–Crippen LogP) is 12.4. The molecule has 9 aromatic rings. The summed E-state index contributed by atoms with van der Waals surface area (Å²) in [5.41, 5.74) is 4.80. The lowest BCUT2D eigenvalue weighted by Gasteiger charge is -2.54. The van der Waals surface area contributed by atoms with Crippen LogP contribution in [0.3, 0.4) is 0 Å². The van der Waals surface area contributed by atoms with E-state index in [9.17, 15) is 0 Å². The average molecular weight is 1310 g/mol. The maximum Gasteiger partial charge on any atom is 0.187 e. The highest BCUT2D eigenvalue weighted by atomic mass is 32.2. The van der Waals surface area contributed by atoms with Gasteiger partial charge in [-0.1, -0.05) is 248 Å². The minimum Gasteiger partial charge on any atom is -0.367 e. The highest BCUT2D eigenvalue weighted by molar-refractivity contribution is 7.85. The molecule has 0 aliphatic carbocycles. The van der Waals surface area contributed by atoms with Crippen molar-refractivity contribution in [2.45, 2.75) is 135 Å². The Morgan fingerprint density at radius 1 is 0.365 bits per heavy atom. The Kier molecular flexibility index (Phi) is 20.7. The third kappa shape index (κ3) is 14.8. The Hall–Kier alpha value is -7.65. The van der Waals surface area contributed by atoms with Crippen molar-refractivity contribution < 1.29 is 75.3 Å². The van der Waals surface area contributed by atoms with Crippen LogP contribution in [0.2, 0.25) is 0 Å². The smallest absolute Gasteiger partial charge is 0.187 e. The van der Waals surface area contributed by atoms with Gasteiger partial charge in [0.1, 0.15) is 79.9 Å². The summed E-state index contributed by atoms with van der Waals surface area (Å²) in [7, 11) is -1.83. The summed E-state index contributed by atoms with van der Waals surface area (Å²) in [5.74, 6) is 6.75. The lowest BCUT2D eigenvalue weighted by atomic mass is 9.94. The quantitative estimate of drug-likeness (QED) is 0.0664. The second kappa shape index (κ2) is 30.8. The minimum absolute atomic E-state index is 0.00971. The van der Waals surface area contributed by atoms with Crippen molar-refractivity contribution >= 4 is 21.6 Å². The van der Waals surface area contributed by atoms with Crippen LogP contribution in [-0.4, -0.2) is 122 Å². The van der Waals surface area contributed by atoms with Crippen LogP contribution >= 0.6 is 0 Å². The monoisotopic (exact) mass is 1310 g/mol. The van der Waals surface area contributed by atoms with E-state index in [0.717, 1.165) is 49.7 Å². The molecule has 6 heterocycles. The Balaban J connectivity index is 0.837. The van der Waals surface area contributed by atoms with Crippen molar-refractivity contribution in [3.05, 3.63) is 294 Å². The van der Waals surface area contributed by atoms with Gasteiger partial charge in [-0.3, -0.25) is 4.21 Å². The van der Waals surface area contributed by atoms with Crippen LogP contribution in [0.25, 0.3) is 10.8 Å². The molecule has 0 spiro atoms. The van der Waals surface area contributed by atoms with Crippen molar-refractivity contribution in [2.75, 3.05) is 26.4 Å². The number of hydrogen-bond acceptors (Lipinski definition) is 16. The first-order valence-electron chi connectivity index (χ1n) is 32.7. The molecule has 6 aliphatic heterocycles. The summed E-state index contributed by atoms with van der Waals surface area (Å²) >= 11 is 0. The van der Waals surface area contributed by atoms with Crippen LogP contribution in [0.1, 0.15) is 57.8 Å². The van der Waals surface area contributed by atoms with Gasteiger partial charge in [0, 0.05) is 27.1 Å². The van der Waals surface area contributed by atoms with Gasteiger partial charge in [0.2, 0.25) is 0 Å². The van der Waals surface area contributed by atoms with Crippen LogP contribution < -0.4 is 0 Å². The van der Waals surface area contributed by atoms with Gasteiger partial charge < -0.3 is 71.1 Å². The summed E-state index contributed by atoms with van der Waals surface area (Å²) < 4.78 is 122. The van der Waals surface area contributed by atoms with Crippen LogP contribution in [0, 0.1) is 11.8 Å². The standard InChI is InChI=1S/C79H74O16S/c80-96(60-42-20-7-21-43-60)79-73(84-48-54-30-12-3-13-31-54)70(67-64(90-79)51-87-76(93-67)59-37-18-6-19-38-59)95-78-72(83-47-53-28-10-2-11-29-53)69(66-63(89-78)50-86-75(92-66)58-35-16-5-17-36-58)94-77-71(82-46-52-26-8-1-9-27-52)68(65-62(88-77)49-85-74(91-65)57-33-14-4-15-34-57)81-45-25-41-56-40-24-39-55-32-22-23-44-61(55)56/h1-24,26-40,42-44,62-79H,45-51H2/t62-,63-,64-,65-,66-,67-,68+,69+,70+,71+,72+,73+,74-,75-,76-,77+,78+,79-,96-/m1/s1. The molecule has 15 rings (SSSR count). The molecular weight excluding hydrogens is 1240 g/mol. The molecule has 0 bridgehead atoms. The van der Waals surface area contributed by atoms with Gasteiger partial charge >= 0.3 is 0 Å². The number of ether oxygens (including phenoxy) is 15. The molecule has 0 amide bonds. The second-order valence-electron chi connectivity index (χ2n) is 24.4. The minimum atomic E-state index is -1.83. The summed E-state index contributed by atoms with van der Waals surface area (Å²) in [6.45, 7) is 0.526. The Morgan fingerprint density at radius 3 is 1.24 bits per heavy atom. The molecule has 0 saturated carbocycles. The Labute approximate surface area is 560 Å². The van der Waals surface area contributed by atoms with E-state index in [1.807, 2.05) is 237 Å². The van der Waals surface area contributed by atoms with Gasteiger partial charge in [0.05, 0.1) is 50.4 Å². The topological polar surface area (TPSA) is 156 Å². The van der Waals surface area contributed by atoms with Crippen LogP contribution in [0.15, 0.2) is 260 Å². The molecule has 9 aromatic carbocycles. The number of benzene rings is 9. The van der Waals surface area contributed by atoms with Crippen molar-refractivity contribution in [2.24, 2.45) is 0 Å². The normalized spacial score (nSPS) is 30.5. The first-order valence-corrected chi connectivity index (χ1v) is 34.0. The van der Waals surface area contributed by atoms with Crippen LogP contribution in [0.5, 0.6) is 0 Å². The van der Waals surface area contributed by atoms with Crippen LogP contribution in [0.4, 0.5) is 0 Å². The van der Waals surface area contributed by atoms with Crippen LogP contribution in [-0.2, 0) is 102 Å². The molecule has 0 radical (unpaired) electrons. The number of hydrogen-bond donors (Lipinski definition) is 0. The molecule has 19 atom stereocenters. The van der Waals surface area contributed by atoms with E-state index in [1.165, 1.54) is 0 Å². The Bertz CT molecular complexity index is 4000. The van der Waals surface area contributed by atoms with E-state index in [4.69, 9.17) is 71.1 Å². The molecule has 0 N–H and O–H groups in total. The van der Waals surface area contributed by atoms with Gasteiger partial charge in [0.15, 0.2) is 36.9 Å². The van der Waals surface area contributed by atoms with E-state index in [1.54, 1.807) is 0 Å². The predicted molar refractivity (Wildman–Crippen MR) is 354 cm³/mol. The molecule has 96 heavy (non-hydrogen) atoms. The van der Waals surface area contributed by atoms with Crippen molar-refractivity contribution in [1.82, 2.24) is 0 Å². The highest BCUT2D eigenvalue weighted by Crippen LogP contribution is 2.45. The summed E-state index contributed by atoms with van der Waals surface area (Å²) in [5, 5.41) is 2.11. The van der Waals surface area contributed by atoms with Gasteiger partial charge in [-0.05, 0) is 45.7 Å².